The topological polar surface area (TPSA) is 40.5 Å². The van der Waals surface area contributed by atoms with Crippen molar-refractivity contribution in [2.45, 2.75) is 0 Å². The van der Waals surface area contributed by atoms with Gasteiger partial charge in [-0.25, -0.2) is 0 Å². The standard InChI is InChI=1S/C16H13BO2/c18-17(19)16-7-3-6-14(11-16)15-9-8-12-4-1-2-5-13(12)10-15/h1-11,18-19H/i1D,2D,3D,4D,5D,6D,7D,8D,9D,10D,11D. The summed E-state index contributed by atoms with van der Waals surface area (Å²) in [6, 6.07) is -7.76. The quantitative estimate of drug-likeness (QED) is 0.692. The van der Waals surface area contributed by atoms with Crippen LogP contribution in [-0.2, 0) is 0 Å². The van der Waals surface area contributed by atoms with Gasteiger partial charge in [0.15, 0.2) is 0 Å². The largest absolute Gasteiger partial charge is 0.488 e. The Labute approximate surface area is 127 Å². The highest BCUT2D eigenvalue weighted by molar-refractivity contribution is 6.58. The molecule has 0 heterocycles. The first-order chi connectivity index (χ1) is 13.8. The van der Waals surface area contributed by atoms with Crippen molar-refractivity contribution in [2.24, 2.45) is 0 Å². The molecule has 0 spiro atoms. The lowest BCUT2D eigenvalue weighted by molar-refractivity contribution is 0.426. The monoisotopic (exact) mass is 259 g/mol. The second-order valence-corrected chi connectivity index (χ2v) is 3.66. The molecular formula is C16H13BO2. The molecule has 0 bridgehead atoms. The molecule has 3 rings (SSSR count). The molecule has 0 radical (unpaired) electrons. The molecule has 2 N–H and O–H groups in total. The van der Waals surface area contributed by atoms with Gasteiger partial charge in [0, 0.05) is 0 Å². The van der Waals surface area contributed by atoms with E-state index in [1.165, 1.54) is 0 Å². The van der Waals surface area contributed by atoms with E-state index in [2.05, 4.69) is 0 Å². The summed E-state index contributed by atoms with van der Waals surface area (Å²) in [5.74, 6) is 0. The van der Waals surface area contributed by atoms with Gasteiger partial charge in [0.2, 0.25) is 0 Å². The fraction of sp³-hybridized carbons (Fsp3) is 0. The van der Waals surface area contributed by atoms with E-state index < -0.39 is 95.6 Å². The lowest BCUT2D eigenvalue weighted by atomic mass is 9.79. The van der Waals surface area contributed by atoms with Crippen molar-refractivity contribution in [3.05, 3.63) is 66.5 Å². The van der Waals surface area contributed by atoms with Crippen molar-refractivity contribution < 1.29 is 25.1 Å². The lowest BCUT2D eigenvalue weighted by Gasteiger charge is -2.06. The molecule has 0 atom stereocenters. The fourth-order valence-corrected chi connectivity index (χ4v) is 1.52. The van der Waals surface area contributed by atoms with Crippen molar-refractivity contribution in [3.8, 4) is 11.1 Å². The van der Waals surface area contributed by atoms with Crippen LogP contribution in [0.15, 0.2) is 66.5 Å². The van der Waals surface area contributed by atoms with Gasteiger partial charge < -0.3 is 10.0 Å². The average molecular weight is 259 g/mol. The normalized spacial score (nSPS) is 18.7. The van der Waals surface area contributed by atoms with Crippen molar-refractivity contribution in [1.82, 2.24) is 0 Å². The van der Waals surface area contributed by atoms with Crippen LogP contribution in [0.4, 0.5) is 0 Å². The summed E-state index contributed by atoms with van der Waals surface area (Å²) in [5, 5.41) is 18.3. The molecule has 0 aromatic heterocycles. The molecule has 0 unspecified atom stereocenters. The Bertz CT molecular complexity index is 1240. The van der Waals surface area contributed by atoms with Gasteiger partial charge in [0.05, 0.1) is 15.1 Å². The van der Waals surface area contributed by atoms with Gasteiger partial charge in [-0.15, -0.1) is 0 Å². The predicted molar refractivity (Wildman–Crippen MR) is 79.2 cm³/mol. The summed E-state index contributed by atoms with van der Waals surface area (Å²) < 4.78 is 88.7. The first kappa shape index (κ1) is 4.78. The Morgan fingerprint density at radius 3 is 2.26 bits per heavy atom. The number of hydrogen-bond donors (Lipinski definition) is 2. The number of hydrogen-bond acceptors (Lipinski definition) is 2. The second-order valence-electron chi connectivity index (χ2n) is 3.66. The minimum absolute atomic E-state index is 0.372. The third kappa shape index (κ3) is 2.39. The molecule has 92 valence electrons. The Kier molecular flexibility index (Phi) is 1.23. The highest BCUT2D eigenvalue weighted by Gasteiger charge is 2.11. The molecule has 0 fully saturated rings. The number of benzene rings is 3. The third-order valence-corrected chi connectivity index (χ3v) is 2.40. The molecule has 0 aliphatic rings. The molecule has 0 saturated heterocycles. The van der Waals surface area contributed by atoms with Crippen LogP contribution in [0, 0.1) is 0 Å². The van der Waals surface area contributed by atoms with Crippen molar-refractivity contribution in [2.75, 3.05) is 0 Å². The van der Waals surface area contributed by atoms with Crippen molar-refractivity contribution in [1.29, 1.82) is 0 Å². The van der Waals surface area contributed by atoms with Crippen LogP contribution in [-0.4, -0.2) is 17.2 Å². The second kappa shape index (κ2) is 4.88. The molecule has 3 aromatic carbocycles. The van der Waals surface area contributed by atoms with Crippen molar-refractivity contribution in [3.63, 3.8) is 0 Å². The van der Waals surface area contributed by atoms with Gasteiger partial charge in [-0.3, -0.25) is 0 Å². The first-order valence-corrected chi connectivity index (χ1v) is 5.31. The van der Waals surface area contributed by atoms with E-state index >= 15 is 0 Å². The molecule has 0 aliphatic heterocycles. The van der Waals surface area contributed by atoms with Crippen LogP contribution in [0.2, 0.25) is 0 Å². The Morgan fingerprint density at radius 2 is 1.47 bits per heavy atom. The summed E-state index contributed by atoms with van der Waals surface area (Å²) >= 11 is 0. The molecule has 0 amide bonds. The number of fused-ring (bicyclic) bond motifs is 1. The lowest BCUT2D eigenvalue weighted by Crippen LogP contribution is -2.29. The van der Waals surface area contributed by atoms with E-state index in [0.29, 0.717) is 0 Å². The van der Waals surface area contributed by atoms with Crippen LogP contribution < -0.4 is 5.46 Å². The average Bonchev–Trinajstić information content (AvgIpc) is 2.68. The molecule has 0 aliphatic carbocycles. The first-order valence-electron chi connectivity index (χ1n) is 10.8. The van der Waals surface area contributed by atoms with Crippen LogP contribution in [0.1, 0.15) is 15.1 Å². The fourth-order valence-electron chi connectivity index (χ4n) is 1.52. The van der Waals surface area contributed by atoms with Crippen LogP contribution >= 0.6 is 0 Å². The van der Waals surface area contributed by atoms with Gasteiger partial charge in [0.25, 0.3) is 0 Å². The zero-order chi connectivity index (χ0) is 22.8. The summed E-state index contributed by atoms with van der Waals surface area (Å²) in [5.41, 5.74) is -1.83. The highest BCUT2D eigenvalue weighted by Crippen LogP contribution is 2.23. The van der Waals surface area contributed by atoms with Crippen LogP contribution in [0.5, 0.6) is 0 Å². The summed E-state index contributed by atoms with van der Waals surface area (Å²) in [6.07, 6.45) is 0. The van der Waals surface area contributed by atoms with E-state index in [4.69, 9.17) is 15.1 Å². The van der Waals surface area contributed by atoms with Crippen LogP contribution in [0.25, 0.3) is 21.9 Å². The van der Waals surface area contributed by atoms with Gasteiger partial charge in [0.1, 0.15) is 0 Å². The van der Waals surface area contributed by atoms with Gasteiger partial charge in [-0.2, -0.15) is 0 Å². The smallest absolute Gasteiger partial charge is 0.423 e. The maximum Gasteiger partial charge on any atom is 0.488 e. The van der Waals surface area contributed by atoms with Gasteiger partial charge in [-0.1, -0.05) is 60.4 Å². The Balaban J connectivity index is 2.64. The van der Waals surface area contributed by atoms with E-state index in [1.54, 1.807) is 0 Å². The maximum absolute atomic E-state index is 9.52. The predicted octanol–water partition coefficient (Wildman–Crippen LogP) is 2.19. The Morgan fingerprint density at radius 1 is 0.737 bits per heavy atom. The van der Waals surface area contributed by atoms with E-state index in [1.807, 2.05) is 0 Å². The Hall–Kier alpha value is -2.10. The maximum atomic E-state index is 9.52. The summed E-state index contributed by atoms with van der Waals surface area (Å²) in [6.45, 7) is 0. The number of rotatable bonds is 2. The zero-order valence-electron chi connectivity index (χ0n) is 20.5. The van der Waals surface area contributed by atoms with Gasteiger partial charge in [-0.05, 0) is 33.4 Å². The highest BCUT2D eigenvalue weighted by atomic mass is 16.4. The molecule has 2 nitrogen and oxygen atoms in total. The van der Waals surface area contributed by atoms with Crippen LogP contribution in [0.3, 0.4) is 0 Å². The third-order valence-electron chi connectivity index (χ3n) is 2.40. The summed E-state index contributed by atoms with van der Waals surface area (Å²) in [7, 11) is -2.34. The summed E-state index contributed by atoms with van der Waals surface area (Å²) in [4.78, 5) is 0. The minimum Gasteiger partial charge on any atom is -0.423 e. The van der Waals surface area contributed by atoms with E-state index in [9.17, 15) is 10.0 Å². The molecular weight excluding hydrogens is 235 g/mol. The molecule has 3 heteroatoms. The SMILES string of the molecule is [2H]c1c([2H])c(B(O)O)c([2H])c(-c2c([2H])c([2H])c3c([2H])c([2H])c([2H])c([2H])c3c2[2H])c1[2H]. The van der Waals surface area contributed by atoms with Crippen molar-refractivity contribution >= 4 is 23.4 Å². The molecule has 3 aromatic rings. The minimum atomic E-state index is -2.34. The van der Waals surface area contributed by atoms with E-state index in [-0.39, 0.29) is 5.39 Å². The van der Waals surface area contributed by atoms with E-state index in [0.717, 1.165) is 0 Å². The molecule has 19 heavy (non-hydrogen) atoms. The van der Waals surface area contributed by atoms with Gasteiger partial charge >= 0.3 is 7.12 Å². The molecule has 0 saturated carbocycles. The zero-order valence-corrected chi connectivity index (χ0v) is 9.47.